The first kappa shape index (κ1) is 13.6. The lowest BCUT2D eigenvalue weighted by molar-refractivity contribution is 0.174. The van der Waals surface area contributed by atoms with Crippen LogP contribution in [-0.4, -0.2) is 11.2 Å². The molecule has 0 spiro atoms. The molecule has 0 radical (unpaired) electrons. The summed E-state index contributed by atoms with van der Waals surface area (Å²) in [6.07, 6.45) is -0.716. The molecule has 1 atom stereocenters. The molecule has 0 heterocycles. The zero-order valence-electron chi connectivity index (χ0n) is 10.1. The summed E-state index contributed by atoms with van der Waals surface area (Å²) in [4.78, 5) is 0. The summed E-state index contributed by atoms with van der Waals surface area (Å²) in [5.41, 5.74) is 0.730. The number of benzene rings is 2. The fraction of sp³-hybridized carbons (Fsp3) is 0.200. The van der Waals surface area contributed by atoms with Crippen LogP contribution in [0.25, 0.3) is 0 Å². The van der Waals surface area contributed by atoms with E-state index in [4.69, 9.17) is 0 Å². The third kappa shape index (κ3) is 3.83. The van der Waals surface area contributed by atoms with Crippen LogP contribution in [0.3, 0.4) is 0 Å². The normalized spacial score (nSPS) is 12.4. The van der Waals surface area contributed by atoms with Crippen LogP contribution in [0.2, 0.25) is 0 Å². The van der Waals surface area contributed by atoms with Crippen molar-refractivity contribution in [2.75, 3.05) is 0 Å². The average molecular weight is 266 g/mol. The molecule has 2 aromatic carbocycles. The van der Waals surface area contributed by atoms with Gasteiger partial charge >= 0.3 is 0 Å². The first-order valence-corrected chi connectivity index (χ1v) is 5.91. The number of aliphatic hydroxyl groups excluding tert-OH is 1. The lowest BCUT2D eigenvalue weighted by Crippen LogP contribution is -2.15. The molecule has 0 fully saturated rings. The van der Waals surface area contributed by atoms with Crippen molar-refractivity contribution in [3.63, 3.8) is 0 Å². The fourth-order valence-electron chi connectivity index (χ4n) is 1.99. The Morgan fingerprint density at radius 2 is 1.53 bits per heavy atom. The molecule has 4 heteroatoms. The predicted molar refractivity (Wildman–Crippen MR) is 66.2 cm³/mol. The molecule has 0 amide bonds. The second-order valence-electron chi connectivity index (χ2n) is 4.43. The largest absolute Gasteiger partial charge is 0.392 e. The molecule has 19 heavy (non-hydrogen) atoms. The number of aliphatic hydroxyl groups is 1. The Bertz CT molecular complexity index is 549. The summed E-state index contributed by atoms with van der Waals surface area (Å²) in [5.74, 6) is -1.77. The number of hydrogen-bond donors (Lipinski definition) is 1. The minimum absolute atomic E-state index is 0.0724. The van der Waals surface area contributed by atoms with Gasteiger partial charge in [-0.05, 0) is 35.7 Å². The van der Waals surface area contributed by atoms with Crippen molar-refractivity contribution in [1.29, 1.82) is 0 Å². The Morgan fingerprint density at radius 3 is 2.16 bits per heavy atom. The maximum absolute atomic E-state index is 13.4. The summed E-state index contributed by atoms with van der Waals surface area (Å²) >= 11 is 0. The summed E-state index contributed by atoms with van der Waals surface area (Å²) in [6, 6.07) is 9.21. The molecule has 0 bridgehead atoms. The standard InChI is InChI=1S/C15H13F3O/c16-12-5-10(6-13(17)9-12)7-14(19)8-11-3-1-2-4-15(11)18/h1-6,9,14,19H,7-8H2. The molecule has 0 saturated carbocycles. The van der Waals surface area contributed by atoms with Crippen LogP contribution in [0, 0.1) is 17.5 Å². The molecule has 0 aromatic heterocycles. The van der Waals surface area contributed by atoms with Crippen molar-refractivity contribution in [3.05, 3.63) is 71.0 Å². The van der Waals surface area contributed by atoms with Gasteiger partial charge in [0.15, 0.2) is 0 Å². The monoisotopic (exact) mass is 266 g/mol. The van der Waals surface area contributed by atoms with Gasteiger partial charge in [-0.15, -0.1) is 0 Å². The topological polar surface area (TPSA) is 20.2 Å². The van der Waals surface area contributed by atoms with E-state index in [1.54, 1.807) is 18.2 Å². The van der Waals surface area contributed by atoms with Crippen LogP contribution in [0.1, 0.15) is 11.1 Å². The van der Waals surface area contributed by atoms with E-state index < -0.39 is 23.6 Å². The number of halogens is 3. The third-order valence-electron chi connectivity index (χ3n) is 2.81. The highest BCUT2D eigenvalue weighted by molar-refractivity contribution is 5.21. The highest BCUT2D eigenvalue weighted by atomic mass is 19.1. The van der Waals surface area contributed by atoms with E-state index in [1.807, 2.05) is 0 Å². The highest BCUT2D eigenvalue weighted by Crippen LogP contribution is 2.14. The molecular formula is C15H13F3O. The van der Waals surface area contributed by atoms with Gasteiger partial charge in [0.1, 0.15) is 17.5 Å². The Labute approximate surface area is 109 Å². The van der Waals surface area contributed by atoms with Gasteiger partial charge in [0.25, 0.3) is 0 Å². The van der Waals surface area contributed by atoms with Crippen LogP contribution in [0.5, 0.6) is 0 Å². The van der Waals surface area contributed by atoms with E-state index in [0.717, 1.165) is 18.2 Å². The van der Waals surface area contributed by atoms with Crippen molar-refractivity contribution in [3.8, 4) is 0 Å². The molecule has 0 aliphatic rings. The van der Waals surface area contributed by atoms with Gasteiger partial charge in [-0.3, -0.25) is 0 Å². The highest BCUT2D eigenvalue weighted by Gasteiger charge is 2.11. The van der Waals surface area contributed by atoms with Crippen LogP contribution in [0.15, 0.2) is 42.5 Å². The maximum atomic E-state index is 13.4. The van der Waals surface area contributed by atoms with Gasteiger partial charge in [0.2, 0.25) is 0 Å². The fourth-order valence-corrected chi connectivity index (χ4v) is 1.99. The Morgan fingerprint density at radius 1 is 0.895 bits per heavy atom. The summed E-state index contributed by atoms with van der Waals surface area (Å²) in [7, 11) is 0. The predicted octanol–water partition coefficient (Wildman–Crippen LogP) is 3.25. The molecular weight excluding hydrogens is 253 g/mol. The molecule has 0 saturated heterocycles. The molecule has 2 aromatic rings. The van der Waals surface area contributed by atoms with Gasteiger partial charge in [0, 0.05) is 12.5 Å². The van der Waals surface area contributed by atoms with Gasteiger partial charge in [-0.2, -0.15) is 0 Å². The number of hydrogen-bond acceptors (Lipinski definition) is 1. The van der Waals surface area contributed by atoms with Crippen LogP contribution < -0.4 is 0 Å². The lowest BCUT2D eigenvalue weighted by atomic mass is 10.0. The molecule has 100 valence electrons. The van der Waals surface area contributed by atoms with Crippen molar-refractivity contribution in [2.24, 2.45) is 0 Å². The van der Waals surface area contributed by atoms with E-state index in [2.05, 4.69) is 0 Å². The summed E-state index contributed by atoms with van der Waals surface area (Å²) in [6.45, 7) is 0. The smallest absolute Gasteiger partial charge is 0.126 e. The molecule has 1 unspecified atom stereocenters. The van der Waals surface area contributed by atoms with Gasteiger partial charge < -0.3 is 5.11 Å². The van der Waals surface area contributed by atoms with Gasteiger partial charge in [-0.1, -0.05) is 18.2 Å². The van der Waals surface area contributed by atoms with E-state index in [0.29, 0.717) is 11.1 Å². The molecule has 1 N–H and O–H groups in total. The molecule has 0 aliphatic carbocycles. The van der Waals surface area contributed by atoms with Crippen LogP contribution >= 0.6 is 0 Å². The van der Waals surface area contributed by atoms with E-state index in [9.17, 15) is 18.3 Å². The van der Waals surface area contributed by atoms with E-state index in [-0.39, 0.29) is 12.8 Å². The van der Waals surface area contributed by atoms with Crippen molar-refractivity contribution < 1.29 is 18.3 Å². The third-order valence-corrected chi connectivity index (χ3v) is 2.81. The average Bonchev–Trinajstić information content (AvgIpc) is 2.30. The summed E-state index contributed by atoms with van der Waals surface area (Å²) < 4.78 is 39.4. The van der Waals surface area contributed by atoms with Gasteiger partial charge in [0.05, 0.1) is 6.10 Å². The second-order valence-corrected chi connectivity index (χ2v) is 4.43. The van der Waals surface area contributed by atoms with Crippen molar-refractivity contribution >= 4 is 0 Å². The first-order chi connectivity index (χ1) is 9.04. The van der Waals surface area contributed by atoms with Crippen molar-refractivity contribution in [2.45, 2.75) is 18.9 Å². The minimum atomic E-state index is -0.891. The van der Waals surface area contributed by atoms with E-state index >= 15 is 0 Å². The van der Waals surface area contributed by atoms with Crippen LogP contribution in [0.4, 0.5) is 13.2 Å². The second kappa shape index (κ2) is 5.89. The maximum Gasteiger partial charge on any atom is 0.126 e. The minimum Gasteiger partial charge on any atom is -0.392 e. The first-order valence-electron chi connectivity index (χ1n) is 5.91. The molecule has 0 aliphatic heterocycles. The van der Waals surface area contributed by atoms with E-state index in [1.165, 1.54) is 6.07 Å². The quantitative estimate of drug-likeness (QED) is 0.900. The Balaban J connectivity index is 2.05. The Kier molecular flexibility index (Phi) is 4.22. The molecule has 2 rings (SSSR count). The molecule has 1 nitrogen and oxygen atoms in total. The van der Waals surface area contributed by atoms with Gasteiger partial charge in [-0.25, -0.2) is 13.2 Å². The zero-order chi connectivity index (χ0) is 13.8. The lowest BCUT2D eigenvalue weighted by Gasteiger charge is -2.11. The van der Waals surface area contributed by atoms with Crippen LogP contribution in [-0.2, 0) is 12.8 Å². The number of rotatable bonds is 4. The van der Waals surface area contributed by atoms with Crippen molar-refractivity contribution in [1.82, 2.24) is 0 Å². The summed E-state index contributed by atoms with van der Waals surface area (Å²) in [5, 5.41) is 9.85. The Hall–Kier alpha value is -1.81. The zero-order valence-corrected chi connectivity index (χ0v) is 10.1. The SMILES string of the molecule is OC(Cc1cc(F)cc(F)c1)Cc1ccccc1F.